The van der Waals surface area contributed by atoms with Gasteiger partial charge in [0, 0.05) is 5.56 Å². The van der Waals surface area contributed by atoms with E-state index in [4.69, 9.17) is 10.00 Å². The van der Waals surface area contributed by atoms with E-state index in [1.165, 1.54) is 6.07 Å². The Bertz CT molecular complexity index is 560. The minimum atomic E-state index is -0.401. The fourth-order valence-corrected chi connectivity index (χ4v) is 1.47. The maximum Gasteiger partial charge on any atom is 0.165 e. The Labute approximate surface area is 98.9 Å². The van der Waals surface area contributed by atoms with Crippen molar-refractivity contribution in [2.75, 3.05) is 0 Å². The number of nitriles is 1. The maximum atomic E-state index is 13.3. The predicted octanol–water partition coefficient (Wildman–Crippen LogP) is 3.28. The molecule has 2 aromatic carbocycles. The summed E-state index contributed by atoms with van der Waals surface area (Å²) >= 11 is 0. The molecule has 0 fully saturated rings. The molecule has 3 heteroatoms. The van der Waals surface area contributed by atoms with Crippen LogP contribution in [0.1, 0.15) is 11.1 Å². The SMILES string of the molecule is N#Cc1ccccc1COc1ccccc1F. The number of para-hydroxylation sites is 1. The molecular weight excluding hydrogens is 217 g/mol. The molecule has 0 bridgehead atoms. The largest absolute Gasteiger partial charge is 0.486 e. The molecule has 17 heavy (non-hydrogen) atoms. The second-order valence-electron chi connectivity index (χ2n) is 3.49. The van der Waals surface area contributed by atoms with Crippen molar-refractivity contribution in [3.63, 3.8) is 0 Å². The lowest BCUT2D eigenvalue weighted by Gasteiger charge is -2.07. The lowest BCUT2D eigenvalue weighted by molar-refractivity contribution is 0.290. The van der Waals surface area contributed by atoms with Crippen molar-refractivity contribution >= 4 is 0 Å². The van der Waals surface area contributed by atoms with Crippen LogP contribution >= 0.6 is 0 Å². The maximum absolute atomic E-state index is 13.3. The van der Waals surface area contributed by atoms with Crippen LogP contribution in [-0.2, 0) is 6.61 Å². The Morgan fingerprint density at radius 2 is 1.76 bits per heavy atom. The van der Waals surface area contributed by atoms with E-state index in [0.29, 0.717) is 5.56 Å². The van der Waals surface area contributed by atoms with Gasteiger partial charge < -0.3 is 4.74 Å². The van der Waals surface area contributed by atoms with Crippen molar-refractivity contribution in [3.05, 3.63) is 65.5 Å². The molecule has 2 rings (SSSR count). The Hall–Kier alpha value is -2.34. The van der Waals surface area contributed by atoms with Gasteiger partial charge in [0.25, 0.3) is 0 Å². The zero-order valence-corrected chi connectivity index (χ0v) is 9.06. The summed E-state index contributed by atoms with van der Waals surface area (Å²) in [5.41, 5.74) is 1.29. The van der Waals surface area contributed by atoms with Crippen LogP contribution in [0.25, 0.3) is 0 Å². The molecule has 0 N–H and O–H groups in total. The van der Waals surface area contributed by atoms with Gasteiger partial charge in [0.05, 0.1) is 11.6 Å². The summed E-state index contributed by atoms with van der Waals surface area (Å²) in [4.78, 5) is 0. The lowest BCUT2D eigenvalue weighted by Crippen LogP contribution is -1.99. The predicted molar refractivity (Wildman–Crippen MR) is 61.9 cm³/mol. The average Bonchev–Trinajstić information content (AvgIpc) is 2.38. The first-order valence-corrected chi connectivity index (χ1v) is 5.16. The summed E-state index contributed by atoms with van der Waals surface area (Å²) in [5.74, 6) is -0.206. The van der Waals surface area contributed by atoms with Crippen LogP contribution in [-0.4, -0.2) is 0 Å². The molecule has 0 aliphatic carbocycles. The number of nitrogens with zero attached hydrogens (tertiary/aromatic N) is 1. The van der Waals surface area contributed by atoms with Crippen molar-refractivity contribution in [2.24, 2.45) is 0 Å². The minimum Gasteiger partial charge on any atom is -0.486 e. The van der Waals surface area contributed by atoms with Crippen molar-refractivity contribution < 1.29 is 9.13 Å². The van der Waals surface area contributed by atoms with E-state index in [1.807, 2.05) is 6.07 Å². The molecule has 0 aliphatic heterocycles. The van der Waals surface area contributed by atoms with E-state index in [2.05, 4.69) is 6.07 Å². The molecule has 0 unspecified atom stereocenters. The molecule has 0 atom stereocenters. The van der Waals surface area contributed by atoms with Gasteiger partial charge >= 0.3 is 0 Å². The van der Waals surface area contributed by atoms with E-state index in [9.17, 15) is 4.39 Å². The molecule has 0 heterocycles. The standard InChI is InChI=1S/C14H10FNO/c15-13-7-3-4-8-14(13)17-10-12-6-2-1-5-11(12)9-16/h1-8H,10H2. The van der Waals surface area contributed by atoms with Crippen LogP contribution in [0.4, 0.5) is 4.39 Å². The third-order valence-corrected chi connectivity index (χ3v) is 2.36. The second kappa shape index (κ2) is 5.13. The van der Waals surface area contributed by atoms with Crippen molar-refractivity contribution in [1.82, 2.24) is 0 Å². The Morgan fingerprint density at radius 1 is 1.06 bits per heavy atom. The number of halogens is 1. The van der Waals surface area contributed by atoms with Gasteiger partial charge in [-0.25, -0.2) is 4.39 Å². The lowest BCUT2D eigenvalue weighted by atomic mass is 10.1. The fraction of sp³-hybridized carbons (Fsp3) is 0.0714. The summed E-state index contributed by atoms with van der Waals surface area (Å²) in [5, 5.41) is 8.89. The number of hydrogen-bond donors (Lipinski definition) is 0. The van der Waals surface area contributed by atoms with Crippen molar-refractivity contribution in [1.29, 1.82) is 5.26 Å². The fourth-order valence-electron chi connectivity index (χ4n) is 1.47. The number of hydrogen-bond acceptors (Lipinski definition) is 2. The molecule has 2 nitrogen and oxygen atoms in total. The van der Waals surface area contributed by atoms with Crippen LogP contribution in [0.15, 0.2) is 48.5 Å². The number of benzene rings is 2. The number of rotatable bonds is 3. The van der Waals surface area contributed by atoms with Gasteiger partial charge in [-0.2, -0.15) is 5.26 Å². The average molecular weight is 227 g/mol. The Balaban J connectivity index is 2.13. The molecule has 0 radical (unpaired) electrons. The van der Waals surface area contributed by atoms with Crippen LogP contribution in [0.2, 0.25) is 0 Å². The Kier molecular flexibility index (Phi) is 3.37. The summed E-state index contributed by atoms with van der Waals surface area (Å²) in [7, 11) is 0. The zero-order chi connectivity index (χ0) is 12.1. The molecule has 0 saturated carbocycles. The van der Waals surface area contributed by atoms with Crippen molar-refractivity contribution in [2.45, 2.75) is 6.61 Å². The minimum absolute atomic E-state index is 0.185. The first-order chi connectivity index (χ1) is 8.31. The van der Waals surface area contributed by atoms with Crippen molar-refractivity contribution in [3.8, 4) is 11.8 Å². The van der Waals surface area contributed by atoms with E-state index >= 15 is 0 Å². The molecule has 0 spiro atoms. The molecule has 0 amide bonds. The quantitative estimate of drug-likeness (QED) is 0.806. The molecule has 0 aromatic heterocycles. The van der Waals surface area contributed by atoms with Gasteiger partial charge in [-0.15, -0.1) is 0 Å². The summed E-state index contributed by atoms with van der Waals surface area (Å²) in [6.07, 6.45) is 0. The van der Waals surface area contributed by atoms with E-state index in [1.54, 1.807) is 36.4 Å². The van der Waals surface area contributed by atoms with E-state index < -0.39 is 5.82 Å². The summed E-state index contributed by atoms with van der Waals surface area (Å²) in [6.45, 7) is 0.185. The molecule has 0 aliphatic rings. The molecule has 2 aromatic rings. The third kappa shape index (κ3) is 2.61. The highest BCUT2D eigenvalue weighted by Gasteiger charge is 2.04. The van der Waals surface area contributed by atoms with Gasteiger partial charge in [-0.05, 0) is 18.2 Å². The molecular formula is C14H10FNO. The van der Waals surface area contributed by atoms with E-state index in [-0.39, 0.29) is 12.4 Å². The zero-order valence-electron chi connectivity index (χ0n) is 9.06. The highest BCUT2D eigenvalue weighted by molar-refractivity contribution is 5.37. The van der Waals surface area contributed by atoms with Crippen LogP contribution < -0.4 is 4.74 Å². The van der Waals surface area contributed by atoms with Gasteiger partial charge in [-0.3, -0.25) is 0 Å². The monoisotopic (exact) mass is 227 g/mol. The second-order valence-corrected chi connectivity index (χ2v) is 3.49. The number of ether oxygens (including phenoxy) is 1. The topological polar surface area (TPSA) is 33.0 Å². The van der Waals surface area contributed by atoms with Gasteiger partial charge in [-0.1, -0.05) is 30.3 Å². The van der Waals surface area contributed by atoms with Gasteiger partial charge in [0.2, 0.25) is 0 Å². The van der Waals surface area contributed by atoms with Gasteiger partial charge in [0.15, 0.2) is 11.6 Å². The Morgan fingerprint density at radius 3 is 2.53 bits per heavy atom. The van der Waals surface area contributed by atoms with Crippen LogP contribution in [0.3, 0.4) is 0 Å². The first-order valence-electron chi connectivity index (χ1n) is 5.16. The van der Waals surface area contributed by atoms with Crippen LogP contribution in [0, 0.1) is 17.1 Å². The first kappa shape index (κ1) is 11.2. The highest BCUT2D eigenvalue weighted by Crippen LogP contribution is 2.18. The molecule has 84 valence electrons. The normalized spacial score (nSPS) is 9.65. The van der Waals surface area contributed by atoms with Gasteiger partial charge in [0.1, 0.15) is 6.61 Å². The highest BCUT2D eigenvalue weighted by atomic mass is 19.1. The third-order valence-electron chi connectivity index (χ3n) is 2.36. The van der Waals surface area contributed by atoms with E-state index in [0.717, 1.165) is 5.56 Å². The van der Waals surface area contributed by atoms with Crippen LogP contribution in [0.5, 0.6) is 5.75 Å². The molecule has 0 saturated heterocycles. The summed E-state index contributed by atoms with van der Waals surface area (Å²) < 4.78 is 18.6. The summed E-state index contributed by atoms with van der Waals surface area (Å²) in [6, 6.07) is 15.4. The smallest absolute Gasteiger partial charge is 0.165 e.